The van der Waals surface area contributed by atoms with Crippen LogP contribution >= 0.6 is 11.6 Å². The molecule has 3 nitrogen and oxygen atoms in total. The minimum absolute atomic E-state index is 0.209. The molecule has 1 aliphatic rings. The van der Waals surface area contributed by atoms with Crippen molar-refractivity contribution in [1.82, 2.24) is 0 Å². The molecule has 0 aromatic heterocycles. The lowest BCUT2D eigenvalue weighted by atomic mass is 10.1. The van der Waals surface area contributed by atoms with Gasteiger partial charge in [0, 0.05) is 6.07 Å². The van der Waals surface area contributed by atoms with Crippen LogP contribution in [0.2, 0.25) is 0 Å². The smallest absolute Gasteiger partial charge is 0.461 e. The van der Waals surface area contributed by atoms with Crippen molar-refractivity contribution >= 4 is 17.6 Å². The van der Waals surface area contributed by atoms with Gasteiger partial charge in [-0.25, -0.2) is 4.39 Å². The lowest BCUT2D eigenvalue weighted by Crippen LogP contribution is -2.36. The summed E-state index contributed by atoms with van der Waals surface area (Å²) in [6.07, 6.45) is -10.6. The number of hydrogen-bond donors (Lipinski definition) is 0. The molecule has 0 spiro atoms. The van der Waals surface area contributed by atoms with E-state index in [1.165, 1.54) is 13.8 Å². The van der Waals surface area contributed by atoms with Gasteiger partial charge in [0.1, 0.15) is 18.2 Å². The Balaban J connectivity index is 2.09. The van der Waals surface area contributed by atoms with E-state index in [-0.39, 0.29) is 5.56 Å². The van der Waals surface area contributed by atoms with Crippen molar-refractivity contribution < 1.29 is 53.8 Å². The van der Waals surface area contributed by atoms with E-state index in [0.717, 1.165) is 12.1 Å². The van der Waals surface area contributed by atoms with Gasteiger partial charge in [0.15, 0.2) is 0 Å². The molecule has 1 aromatic rings. The predicted molar refractivity (Wildman–Crippen MR) is 88.6 cm³/mol. The van der Waals surface area contributed by atoms with Crippen LogP contribution in [0.5, 0.6) is 5.75 Å². The molecule has 0 bridgehead atoms. The maximum Gasteiger partial charge on any atom is 0.573 e. The van der Waals surface area contributed by atoms with Gasteiger partial charge in [0.05, 0.1) is 11.0 Å². The second-order valence-electron chi connectivity index (χ2n) is 7.36. The van der Waals surface area contributed by atoms with Gasteiger partial charge in [-0.3, -0.25) is 4.79 Å². The van der Waals surface area contributed by atoms with Gasteiger partial charge in [0.25, 0.3) is 0 Å². The standard InChI is InChI=1S/C18H14ClF9O3/c1-15(2)11(6-12(19)16(21,22)17(23,24)25)13(15)14(29)30-7-8-3-9(20)5-10(4-8)31-18(26,27)28/h3-6,11,13H,7H2,1-2H3. The van der Waals surface area contributed by atoms with Crippen molar-refractivity contribution in [3.63, 3.8) is 0 Å². The molecule has 0 amide bonds. The van der Waals surface area contributed by atoms with Crippen LogP contribution in [0.3, 0.4) is 0 Å². The highest BCUT2D eigenvalue weighted by Crippen LogP contribution is 2.61. The van der Waals surface area contributed by atoms with Crippen molar-refractivity contribution in [3.05, 3.63) is 40.7 Å². The number of carbonyl (C=O) groups is 1. The Morgan fingerprint density at radius 2 is 1.68 bits per heavy atom. The summed E-state index contributed by atoms with van der Waals surface area (Å²) in [5.41, 5.74) is -1.29. The van der Waals surface area contributed by atoms with Gasteiger partial charge in [-0.15, -0.1) is 13.2 Å². The first kappa shape index (κ1) is 25.2. The topological polar surface area (TPSA) is 35.5 Å². The van der Waals surface area contributed by atoms with Gasteiger partial charge in [-0.05, 0) is 29.0 Å². The molecule has 1 saturated carbocycles. The first-order chi connectivity index (χ1) is 13.9. The van der Waals surface area contributed by atoms with Gasteiger partial charge in [-0.1, -0.05) is 31.5 Å². The molecule has 1 aliphatic carbocycles. The molecule has 2 unspecified atom stereocenters. The summed E-state index contributed by atoms with van der Waals surface area (Å²) in [5, 5.41) is -1.80. The Bertz CT molecular complexity index is 875. The number of halogens is 10. The molecule has 2 rings (SSSR count). The third kappa shape index (κ3) is 5.78. The number of hydrogen-bond acceptors (Lipinski definition) is 3. The number of benzene rings is 1. The summed E-state index contributed by atoms with van der Waals surface area (Å²) >= 11 is 5.14. The zero-order valence-corrected chi connectivity index (χ0v) is 16.4. The Morgan fingerprint density at radius 3 is 2.19 bits per heavy atom. The van der Waals surface area contributed by atoms with Crippen LogP contribution in [0.25, 0.3) is 0 Å². The molecule has 1 fully saturated rings. The average Bonchev–Trinajstić information content (AvgIpc) is 3.09. The number of ether oxygens (including phenoxy) is 2. The maximum absolute atomic E-state index is 13.5. The van der Waals surface area contributed by atoms with E-state index in [1.54, 1.807) is 0 Å². The van der Waals surface area contributed by atoms with Crippen molar-refractivity contribution in [2.24, 2.45) is 17.3 Å². The number of allylic oxidation sites excluding steroid dienone is 2. The molecule has 0 N–H and O–H groups in total. The number of esters is 1. The van der Waals surface area contributed by atoms with Crippen molar-refractivity contribution in [3.8, 4) is 5.75 Å². The molecule has 0 aliphatic heterocycles. The molecule has 0 saturated heterocycles. The SMILES string of the molecule is CC1(C)C(C=C(Cl)C(F)(F)C(F)(F)F)C1C(=O)OCc1cc(F)cc(OC(F)(F)F)c1. The molecule has 0 heterocycles. The number of carbonyl (C=O) groups excluding carboxylic acids is 1. The van der Waals surface area contributed by atoms with Crippen LogP contribution in [0.1, 0.15) is 19.4 Å². The lowest BCUT2D eigenvalue weighted by molar-refractivity contribution is -0.274. The van der Waals surface area contributed by atoms with Crippen LogP contribution in [0.4, 0.5) is 39.5 Å². The second kappa shape index (κ2) is 8.10. The van der Waals surface area contributed by atoms with E-state index in [1.807, 2.05) is 0 Å². The number of alkyl halides is 8. The molecular weight excluding hydrogens is 471 g/mol. The summed E-state index contributed by atoms with van der Waals surface area (Å²) in [6, 6.07) is 1.99. The van der Waals surface area contributed by atoms with Gasteiger partial charge < -0.3 is 9.47 Å². The van der Waals surface area contributed by atoms with Gasteiger partial charge in [-0.2, -0.15) is 22.0 Å². The fourth-order valence-electron chi connectivity index (χ4n) is 2.98. The second-order valence-corrected chi connectivity index (χ2v) is 7.77. The van der Waals surface area contributed by atoms with E-state index in [9.17, 15) is 44.3 Å². The van der Waals surface area contributed by atoms with Crippen molar-refractivity contribution in [2.75, 3.05) is 0 Å². The molecule has 174 valence electrons. The molecule has 13 heteroatoms. The fraction of sp³-hybridized carbons (Fsp3) is 0.500. The number of rotatable bonds is 6. The third-order valence-corrected chi connectivity index (χ3v) is 5.06. The van der Waals surface area contributed by atoms with Crippen molar-refractivity contribution in [2.45, 2.75) is 38.9 Å². The summed E-state index contributed by atoms with van der Waals surface area (Å²) in [4.78, 5) is 12.2. The fourth-order valence-corrected chi connectivity index (χ4v) is 3.22. The first-order valence-electron chi connectivity index (χ1n) is 8.40. The van der Waals surface area contributed by atoms with Gasteiger partial charge in [0.2, 0.25) is 0 Å². The summed E-state index contributed by atoms with van der Waals surface area (Å²) in [7, 11) is 0. The zero-order valence-electron chi connectivity index (χ0n) is 15.7. The van der Waals surface area contributed by atoms with Crippen LogP contribution in [0, 0.1) is 23.1 Å². The molecular formula is C18H14ClF9O3. The molecule has 1 aromatic carbocycles. The Morgan fingerprint density at radius 1 is 1.10 bits per heavy atom. The first-order valence-corrected chi connectivity index (χ1v) is 8.78. The Kier molecular flexibility index (Phi) is 6.57. The van der Waals surface area contributed by atoms with E-state index in [0.29, 0.717) is 12.1 Å². The quantitative estimate of drug-likeness (QED) is 0.348. The third-order valence-electron chi connectivity index (χ3n) is 4.69. The summed E-state index contributed by atoms with van der Waals surface area (Å²) < 4.78 is 122. The highest BCUT2D eigenvalue weighted by atomic mass is 35.5. The van der Waals surface area contributed by atoms with Crippen LogP contribution in [-0.4, -0.2) is 24.4 Å². The normalized spacial score (nSPS) is 21.6. The van der Waals surface area contributed by atoms with E-state index in [2.05, 4.69) is 4.74 Å². The lowest BCUT2D eigenvalue weighted by Gasteiger charge is -2.18. The zero-order chi connectivity index (χ0) is 24.0. The molecule has 0 radical (unpaired) electrons. The minimum atomic E-state index is -5.93. The summed E-state index contributed by atoms with van der Waals surface area (Å²) in [6.45, 7) is 2.10. The minimum Gasteiger partial charge on any atom is -0.461 e. The van der Waals surface area contributed by atoms with E-state index in [4.69, 9.17) is 16.3 Å². The van der Waals surface area contributed by atoms with Crippen LogP contribution in [-0.2, 0) is 16.1 Å². The predicted octanol–water partition coefficient (Wildman–Crippen LogP) is 6.36. The summed E-state index contributed by atoms with van der Waals surface area (Å²) in [5.74, 6) is -10.6. The van der Waals surface area contributed by atoms with E-state index < -0.39 is 64.9 Å². The van der Waals surface area contributed by atoms with E-state index >= 15 is 0 Å². The van der Waals surface area contributed by atoms with Gasteiger partial charge >= 0.3 is 24.4 Å². The van der Waals surface area contributed by atoms with Crippen molar-refractivity contribution in [1.29, 1.82) is 0 Å². The van der Waals surface area contributed by atoms with Crippen LogP contribution < -0.4 is 4.74 Å². The largest absolute Gasteiger partial charge is 0.573 e. The highest BCUT2D eigenvalue weighted by Gasteiger charge is 2.64. The Labute approximate surface area is 174 Å². The molecule has 31 heavy (non-hydrogen) atoms. The molecule has 2 atom stereocenters. The van der Waals surface area contributed by atoms with Crippen LogP contribution in [0.15, 0.2) is 29.3 Å². The Hall–Kier alpha value is -2.11. The highest BCUT2D eigenvalue weighted by molar-refractivity contribution is 6.30. The average molecular weight is 485 g/mol. The monoisotopic (exact) mass is 484 g/mol. The maximum atomic E-state index is 13.5.